The van der Waals surface area contributed by atoms with Gasteiger partial charge in [0.1, 0.15) is 6.04 Å². The first kappa shape index (κ1) is 22.6. The van der Waals surface area contributed by atoms with Crippen LogP contribution in [0.4, 0.5) is 0 Å². The molecule has 1 aromatic carbocycles. The van der Waals surface area contributed by atoms with E-state index in [2.05, 4.69) is 20.8 Å². The molecular formula is C19H22N6O5S2. The standard InChI is InChI=1S/C19H22N6O5S2/c1-24-18(21-22-23-24)32-10-19(31-3)9-30-16-12(15(27)25(16)13(19)17(28)29-2)20-14(26)11-7-5-4-6-8-11/h4-8,12-13,16H,9-10H2,1-3H3,(H,20,26)/t12-,13-,16+,19-/m0/s1. The smallest absolute Gasteiger partial charge is 0.330 e. The molecule has 3 heterocycles. The number of thioether (sulfide) groups is 2. The topological polar surface area (TPSA) is 129 Å². The van der Waals surface area contributed by atoms with Crippen LogP contribution in [0.3, 0.4) is 0 Å². The second-order valence-electron chi connectivity index (χ2n) is 7.33. The Morgan fingerprint density at radius 2 is 2.09 bits per heavy atom. The van der Waals surface area contributed by atoms with Gasteiger partial charge in [0.25, 0.3) is 11.8 Å². The summed E-state index contributed by atoms with van der Waals surface area (Å²) in [6.45, 7) is 0.179. The van der Waals surface area contributed by atoms with Crippen molar-refractivity contribution in [2.75, 3.05) is 25.7 Å². The molecule has 2 aliphatic heterocycles. The third-order valence-electron chi connectivity index (χ3n) is 5.54. The molecule has 0 aliphatic carbocycles. The Bertz CT molecular complexity index is 1020. The van der Waals surface area contributed by atoms with Crippen LogP contribution < -0.4 is 5.32 Å². The maximum atomic E-state index is 13.1. The lowest BCUT2D eigenvalue weighted by Crippen LogP contribution is -2.81. The highest BCUT2D eigenvalue weighted by Gasteiger charge is 2.63. The van der Waals surface area contributed by atoms with Crippen LogP contribution >= 0.6 is 23.5 Å². The number of rotatable bonds is 7. The van der Waals surface area contributed by atoms with Gasteiger partial charge in [0, 0.05) is 18.4 Å². The molecule has 2 amide bonds. The first-order valence-corrected chi connectivity index (χ1v) is 11.9. The van der Waals surface area contributed by atoms with Gasteiger partial charge < -0.3 is 14.8 Å². The highest BCUT2D eigenvalue weighted by atomic mass is 32.2. The average molecular weight is 479 g/mol. The second kappa shape index (κ2) is 9.08. The fraction of sp³-hybridized carbons (Fsp3) is 0.474. The van der Waals surface area contributed by atoms with Crippen LogP contribution in [0.15, 0.2) is 35.5 Å². The lowest BCUT2D eigenvalue weighted by atomic mass is 9.90. The first-order valence-electron chi connectivity index (χ1n) is 9.69. The Morgan fingerprint density at radius 3 is 2.72 bits per heavy atom. The molecule has 0 spiro atoms. The molecule has 0 unspecified atom stereocenters. The number of fused-ring (bicyclic) bond motifs is 1. The van der Waals surface area contributed by atoms with Crippen LogP contribution in [0, 0.1) is 0 Å². The highest BCUT2D eigenvalue weighted by molar-refractivity contribution is 8.03. The number of nitrogens with zero attached hydrogens (tertiary/aromatic N) is 5. The van der Waals surface area contributed by atoms with E-state index in [1.54, 1.807) is 37.4 Å². The number of tetrazole rings is 1. The zero-order valence-electron chi connectivity index (χ0n) is 17.6. The molecule has 32 heavy (non-hydrogen) atoms. The fourth-order valence-corrected chi connectivity index (χ4v) is 5.96. The van der Waals surface area contributed by atoms with Crippen molar-refractivity contribution in [2.45, 2.75) is 28.2 Å². The van der Waals surface area contributed by atoms with Gasteiger partial charge in [0.2, 0.25) is 5.16 Å². The number of aryl methyl sites for hydroxylation is 1. The molecule has 11 nitrogen and oxygen atoms in total. The van der Waals surface area contributed by atoms with E-state index in [0.29, 0.717) is 16.5 Å². The Balaban J connectivity index is 1.54. The van der Waals surface area contributed by atoms with Crippen molar-refractivity contribution in [3.8, 4) is 0 Å². The third-order valence-corrected chi connectivity index (χ3v) is 8.28. The molecule has 2 fully saturated rings. The van der Waals surface area contributed by atoms with E-state index < -0.39 is 34.9 Å². The molecule has 2 aliphatic rings. The molecule has 0 radical (unpaired) electrons. The van der Waals surface area contributed by atoms with Gasteiger partial charge in [-0.05, 0) is 28.8 Å². The number of β-lactam (4-membered cyclic amide) rings is 1. The lowest BCUT2D eigenvalue weighted by Gasteiger charge is -2.57. The summed E-state index contributed by atoms with van der Waals surface area (Å²) >= 11 is 2.78. The summed E-state index contributed by atoms with van der Waals surface area (Å²) in [4.78, 5) is 39.8. The monoisotopic (exact) mass is 478 g/mol. The molecule has 170 valence electrons. The van der Waals surface area contributed by atoms with Crippen LogP contribution in [0.5, 0.6) is 0 Å². The number of aromatic nitrogens is 4. The van der Waals surface area contributed by atoms with Crippen molar-refractivity contribution >= 4 is 41.3 Å². The molecule has 1 N–H and O–H groups in total. The quantitative estimate of drug-likeness (QED) is 0.328. The van der Waals surface area contributed by atoms with Gasteiger partial charge in [-0.1, -0.05) is 30.0 Å². The molecule has 2 saturated heterocycles. The molecule has 0 bridgehead atoms. The number of hydrogen-bond acceptors (Lipinski definition) is 10. The van der Waals surface area contributed by atoms with Crippen molar-refractivity contribution in [3.63, 3.8) is 0 Å². The summed E-state index contributed by atoms with van der Waals surface area (Å²) in [5, 5.41) is 14.7. The van der Waals surface area contributed by atoms with Crippen molar-refractivity contribution in [1.29, 1.82) is 0 Å². The number of ether oxygens (including phenoxy) is 2. The van der Waals surface area contributed by atoms with Gasteiger partial charge in [-0.25, -0.2) is 9.48 Å². The lowest BCUT2D eigenvalue weighted by molar-refractivity contribution is -0.217. The largest absolute Gasteiger partial charge is 0.467 e. The zero-order valence-corrected chi connectivity index (χ0v) is 19.3. The minimum Gasteiger partial charge on any atom is -0.467 e. The molecule has 4 atom stereocenters. The summed E-state index contributed by atoms with van der Waals surface area (Å²) in [6, 6.07) is 6.85. The van der Waals surface area contributed by atoms with E-state index in [-0.39, 0.29) is 12.5 Å². The average Bonchev–Trinajstić information content (AvgIpc) is 3.24. The van der Waals surface area contributed by atoms with Crippen molar-refractivity contribution in [1.82, 2.24) is 30.4 Å². The molecule has 13 heteroatoms. The van der Waals surface area contributed by atoms with Gasteiger partial charge in [0.05, 0.1) is 18.5 Å². The number of amides is 2. The van der Waals surface area contributed by atoms with Gasteiger partial charge in [-0.2, -0.15) is 11.8 Å². The molecule has 4 rings (SSSR count). The van der Waals surface area contributed by atoms with Crippen LogP contribution in [-0.4, -0.2) is 91.7 Å². The Kier molecular flexibility index (Phi) is 6.40. The minimum atomic E-state index is -0.882. The van der Waals surface area contributed by atoms with E-state index in [9.17, 15) is 14.4 Å². The van der Waals surface area contributed by atoms with Crippen molar-refractivity contribution in [2.24, 2.45) is 7.05 Å². The highest BCUT2D eigenvalue weighted by Crippen LogP contribution is 2.44. The number of methoxy groups -OCH3 is 1. The number of benzene rings is 1. The molecule has 1 aromatic heterocycles. The molecule has 0 saturated carbocycles. The number of carbonyl (C=O) groups excluding carboxylic acids is 3. The van der Waals surface area contributed by atoms with Gasteiger partial charge in [-0.3, -0.25) is 14.5 Å². The first-order chi connectivity index (χ1) is 15.4. The zero-order chi connectivity index (χ0) is 22.9. The van der Waals surface area contributed by atoms with Crippen LogP contribution in [-0.2, 0) is 26.1 Å². The minimum absolute atomic E-state index is 0.179. The van der Waals surface area contributed by atoms with Gasteiger partial charge in [0.15, 0.2) is 12.3 Å². The summed E-state index contributed by atoms with van der Waals surface area (Å²) < 4.78 is 11.8. The number of nitrogens with one attached hydrogen (secondary N) is 1. The van der Waals surface area contributed by atoms with Crippen LogP contribution in [0.2, 0.25) is 0 Å². The van der Waals surface area contributed by atoms with Crippen molar-refractivity contribution in [3.05, 3.63) is 35.9 Å². The second-order valence-corrected chi connectivity index (χ2v) is 9.50. The van der Waals surface area contributed by atoms with Crippen molar-refractivity contribution < 1.29 is 23.9 Å². The van der Waals surface area contributed by atoms with E-state index in [1.807, 2.05) is 6.26 Å². The predicted octanol–water partition coefficient (Wildman–Crippen LogP) is -0.0573. The van der Waals surface area contributed by atoms with E-state index in [1.165, 1.54) is 40.2 Å². The van der Waals surface area contributed by atoms with Crippen LogP contribution in [0.25, 0.3) is 0 Å². The predicted molar refractivity (Wildman–Crippen MR) is 116 cm³/mol. The summed E-state index contributed by atoms with van der Waals surface area (Å²) in [5.41, 5.74) is 0.436. The van der Waals surface area contributed by atoms with Crippen LogP contribution in [0.1, 0.15) is 10.4 Å². The van der Waals surface area contributed by atoms with Gasteiger partial charge in [-0.15, -0.1) is 5.10 Å². The normalized spacial score (nSPS) is 26.8. The number of carbonyl (C=O) groups is 3. The summed E-state index contributed by atoms with van der Waals surface area (Å²) in [5.74, 6) is -0.905. The van der Waals surface area contributed by atoms with E-state index in [0.717, 1.165) is 0 Å². The maximum Gasteiger partial charge on any atom is 0.330 e. The Morgan fingerprint density at radius 1 is 1.34 bits per heavy atom. The SMILES string of the molecule is COC(=O)[C@@H]1N2C(=O)[C@H](NC(=O)c3ccccc3)[C@H]2OC[C@@]1(CSc1nnnn1C)SC. The number of esters is 1. The molecular weight excluding hydrogens is 456 g/mol. The Hall–Kier alpha value is -2.64. The number of hydrogen-bond donors (Lipinski definition) is 1. The van der Waals surface area contributed by atoms with E-state index in [4.69, 9.17) is 9.47 Å². The summed E-state index contributed by atoms with van der Waals surface area (Å²) in [7, 11) is 3.01. The Labute approximate surface area is 192 Å². The van der Waals surface area contributed by atoms with E-state index >= 15 is 0 Å². The molecule has 2 aromatic rings. The van der Waals surface area contributed by atoms with Gasteiger partial charge >= 0.3 is 5.97 Å². The third kappa shape index (κ3) is 3.84. The summed E-state index contributed by atoms with van der Waals surface area (Å²) in [6.07, 6.45) is 1.11. The maximum absolute atomic E-state index is 13.1. The fourth-order valence-electron chi connectivity index (χ4n) is 3.76.